The minimum absolute atomic E-state index is 0.579. The summed E-state index contributed by atoms with van der Waals surface area (Å²) < 4.78 is 96.6. The second-order valence-electron chi connectivity index (χ2n) is 17.4. The molecule has 5 saturated heterocycles. The van der Waals surface area contributed by atoms with Crippen LogP contribution in [0.2, 0.25) is 0 Å². The second kappa shape index (κ2) is 24.5. The van der Waals surface area contributed by atoms with Crippen LogP contribution in [-0.2, 0) is 81.1 Å². The van der Waals surface area contributed by atoms with E-state index in [-0.39, 0.29) is 0 Å². The van der Waals surface area contributed by atoms with E-state index in [9.17, 15) is 114 Å². The largest absolute Gasteiger partial charge is 0.506 e. The Labute approximate surface area is 414 Å². The molecule has 1 amide bonds. The van der Waals surface area contributed by atoms with Gasteiger partial charge < -0.3 is 144 Å². The first-order valence-corrected chi connectivity index (χ1v) is 23.3. The fourth-order valence-electron chi connectivity index (χ4n) is 8.48. The summed E-state index contributed by atoms with van der Waals surface area (Å²) >= 11 is 0. The molecule has 6 aliphatic heterocycles. The van der Waals surface area contributed by atoms with Crippen molar-refractivity contribution in [2.24, 2.45) is 0 Å². The molecule has 0 aromatic rings. The molecule has 0 radical (unpaired) electrons. The van der Waals surface area contributed by atoms with Crippen LogP contribution in [0.1, 0.15) is 6.92 Å². The SMILES string of the molecule is CC(=O)N[C@H]1[C@@H](O[C@H]2[C@H](O)[C@@H](O)[C@H](O[C@H]3[C@@H](O)[C@@H](CO)O[C@@H](O[C@H]4[C@@H](O)[C@@H](CO)O[C@@H](O[C@@H]5CO[C@@H](O)[C@H](O)[C@H]5O)[C@@H]4O)[C@@H]3O)O[C@@H]2C(=O)O)O[C@H](COS(=O)(=O)O)[C@@H](O[C@@H]2OC(C(=O)O)=C(O)[C@H](O)[C@H]2O)[C@@H]1O. The lowest BCUT2D eigenvalue weighted by atomic mass is 9.94. The van der Waals surface area contributed by atoms with Gasteiger partial charge >= 0.3 is 22.3 Å². The lowest BCUT2D eigenvalue weighted by Crippen LogP contribution is -2.70. The lowest BCUT2D eigenvalue weighted by Gasteiger charge is -2.49. The zero-order valence-corrected chi connectivity index (χ0v) is 38.6. The van der Waals surface area contributed by atoms with Crippen LogP contribution in [0.4, 0.5) is 0 Å². The van der Waals surface area contributed by atoms with Gasteiger partial charge in [0.05, 0.1) is 26.4 Å². The fraction of sp³-hybridized carbons (Fsp3) is 0.865. The third-order valence-electron chi connectivity index (χ3n) is 12.3. The van der Waals surface area contributed by atoms with Crippen molar-refractivity contribution in [3.63, 3.8) is 0 Å². The van der Waals surface area contributed by atoms with Crippen LogP contribution < -0.4 is 5.32 Å². The molecule has 74 heavy (non-hydrogen) atoms. The molecular formula is C37H57NO35S. The minimum Gasteiger partial charge on any atom is -0.506 e. The average molecular weight is 1110 g/mol. The van der Waals surface area contributed by atoms with Crippen LogP contribution >= 0.6 is 0 Å². The maximum Gasteiger partial charge on any atom is 0.397 e. The molecule has 19 N–H and O–H groups in total. The van der Waals surface area contributed by atoms with Crippen LogP contribution in [0.15, 0.2) is 11.5 Å². The number of ether oxygens (including phenoxy) is 11. The number of carbonyl (C=O) groups excluding carboxylic acids is 1. The van der Waals surface area contributed by atoms with E-state index in [2.05, 4.69) is 9.50 Å². The first kappa shape index (κ1) is 59.9. The quantitative estimate of drug-likeness (QED) is 0.0567. The van der Waals surface area contributed by atoms with E-state index in [1.165, 1.54) is 0 Å². The molecule has 426 valence electrons. The average Bonchev–Trinajstić information content (AvgIpc) is 3.33. The Kier molecular flexibility index (Phi) is 19.9. The topological polar surface area (TPSA) is 572 Å². The highest BCUT2D eigenvalue weighted by atomic mass is 32.3. The summed E-state index contributed by atoms with van der Waals surface area (Å²) in [7, 11) is -5.40. The number of aliphatic hydroxyl groups excluding tert-OH is 15. The van der Waals surface area contributed by atoms with Gasteiger partial charge in [0.1, 0.15) is 122 Å². The number of hydrogen-bond donors (Lipinski definition) is 19. The third-order valence-corrected chi connectivity index (χ3v) is 12.8. The van der Waals surface area contributed by atoms with Gasteiger partial charge in [0.2, 0.25) is 18.0 Å². The van der Waals surface area contributed by atoms with Gasteiger partial charge in [-0.05, 0) is 0 Å². The van der Waals surface area contributed by atoms with Crippen LogP contribution in [0.3, 0.4) is 0 Å². The highest BCUT2D eigenvalue weighted by Crippen LogP contribution is 2.37. The highest BCUT2D eigenvalue weighted by Gasteiger charge is 2.58. The summed E-state index contributed by atoms with van der Waals surface area (Å²) in [5, 5.41) is 182. The van der Waals surface area contributed by atoms with Gasteiger partial charge in [-0.3, -0.25) is 9.35 Å². The Bertz CT molecular complexity index is 2070. The van der Waals surface area contributed by atoms with Crippen molar-refractivity contribution in [3.05, 3.63) is 11.5 Å². The molecular weight excluding hydrogens is 1050 g/mol. The Morgan fingerprint density at radius 1 is 0.595 bits per heavy atom. The molecule has 6 rings (SSSR count). The Balaban J connectivity index is 1.21. The minimum atomic E-state index is -5.40. The number of carbonyl (C=O) groups is 3. The number of aliphatic carboxylic acids is 2. The van der Waals surface area contributed by atoms with E-state index >= 15 is 0 Å². The number of amides is 1. The van der Waals surface area contributed by atoms with Gasteiger partial charge in [-0.2, -0.15) is 8.42 Å². The van der Waals surface area contributed by atoms with E-state index in [0.717, 1.165) is 6.92 Å². The van der Waals surface area contributed by atoms with Gasteiger partial charge in [0.25, 0.3) is 0 Å². The van der Waals surface area contributed by atoms with Crippen molar-refractivity contribution in [3.8, 4) is 0 Å². The van der Waals surface area contributed by atoms with E-state index in [1.807, 2.05) is 0 Å². The number of aliphatic hydroxyl groups is 15. The number of rotatable bonds is 18. The molecule has 37 heteroatoms. The monoisotopic (exact) mass is 1110 g/mol. The Morgan fingerprint density at radius 2 is 1.11 bits per heavy atom. The number of carboxylic acid groups (broad SMARTS) is 2. The molecule has 27 atom stereocenters. The molecule has 0 spiro atoms. The van der Waals surface area contributed by atoms with E-state index < -0.39 is 232 Å². The highest BCUT2D eigenvalue weighted by molar-refractivity contribution is 7.80. The van der Waals surface area contributed by atoms with E-state index in [4.69, 9.17) is 52.1 Å². The first-order chi connectivity index (χ1) is 34.6. The van der Waals surface area contributed by atoms with Crippen molar-refractivity contribution in [1.82, 2.24) is 5.32 Å². The van der Waals surface area contributed by atoms with Crippen LogP contribution in [0.5, 0.6) is 0 Å². The summed E-state index contributed by atoms with van der Waals surface area (Å²) in [5.74, 6) is -7.82. The molecule has 0 bridgehead atoms. The van der Waals surface area contributed by atoms with Crippen LogP contribution in [0, 0.1) is 0 Å². The number of nitrogens with one attached hydrogen (secondary N) is 1. The Morgan fingerprint density at radius 3 is 1.62 bits per heavy atom. The van der Waals surface area contributed by atoms with Gasteiger partial charge in [0, 0.05) is 6.92 Å². The van der Waals surface area contributed by atoms with Crippen LogP contribution in [0.25, 0.3) is 0 Å². The number of hydrogen-bond acceptors (Lipinski definition) is 32. The van der Waals surface area contributed by atoms with Gasteiger partial charge in [-0.1, -0.05) is 0 Å². The van der Waals surface area contributed by atoms with Crippen molar-refractivity contribution in [2.75, 3.05) is 26.4 Å². The summed E-state index contributed by atoms with van der Waals surface area (Å²) in [5.41, 5.74) is 0. The molecule has 0 saturated carbocycles. The van der Waals surface area contributed by atoms with Crippen molar-refractivity contribution >= 4 is 28.2 Å². The molecule has 0 aromatic carbocycles. The van der Waals surface area contributed by atoms with Crippen molar-refractivity contribution < 1.29 is 170 Å². The predicted octanol–water partition coefficient (Wildman–Crippen LogP) is -12.3. The summed E-state index contributed by atoms with van der Waals surface area (Å²) in [6.07, 6.45) is -56.2. The standard InChI is InChI=1S/C37H57NO35S/c1-6(41)38-11-15(45)24(68-34-20(50)16(46)17(47)28(72-34)30(54)55)10(5-63-74(59,60)61)67-33(11)71-27-18(48)21(51)35(73-29(27)31(56)57)69-26-14(44)8(3-40)65-37(23(26)53)70-25-13(43)7(2-39)64-36(22(25)52)66-9-4-62-32(58)19(49)12(9)42/h7-16,18-27,29,32-37,39-40,42-53,58H,2-5H2,1H3,(H,38,41)(H,54,55)(H,56,57)(H,59,60,61)/t7-,8-,9-,10-,11-,12+,13+,14+,15-,16+,18-,19-,20-,21-,22-,23-,24-,25+,26+,27+,29+,32-,33-,34-,35-,36+,37+/m1/s1. The molecule has 0 aliphatic carbocycles. The number of carboxylic acids is 2. The predicted molar refractivity (Wildman–Crippen MR) is 216 cm³/mol. The second-order valence-corrected chi connectivity index (χ2v) is 18.4. The normalized spacial score (nSPS) is 46.4. The molecule has 0 unspecified atom stereocenters. The maximum atomic E-state index is 12.8. The molecule has 0 aromatic heterocycles. The Hall–Kier alpha value is -3.34. The first-order valence-electron chi connectivity index (χ1n) is 21.9. The molecule has 36 nitrogen and oxygen atoms in total. The molecule has 6 aliphatic rings. The maximum absolute atomic E-state index is 12.8. The smallest absolute Gasteiger partial charge is 0.397 e. The summed E-state index contributed by atoms with van der Waals surface area (Å²) in [4.78, 5) is 36.9. The van der Waals surface area contributed by atoms with Gasteiger partial charge in [-0.25, -0.2) is 13.8 Å². The van der Waals surface area contributed by atoms with Crippen molar-refractivity contribution in [1.29, 1.82) is 0 Å². The zero-order valence-electron chi connectivity index (χ0n) is 37.8. The van der Waals surface area contributed by atoms with Crippen LogP contribution in [-0.4, -0.2) is 310 Å². The van der Waals surface area contributed by atoms with Gasteiger partial charge in [-0.15, -0.1) is 0 Å². The van der Waals surface area contributed by atoms with Gasteiger partial charge in [0.15, 0.2) is 43.3 Å². The summed E-state index contributed by atoms with van der Waals surface area (Å²) in [6.45, 7) is -3.22. The van der Waals surface area contributed by atoms with Crippen molar-refractivity contribution in [2.45, 2.75) is 173 Å². The van der Waals surface area contributed by atoms with E-state index in [1.54, 1.807) is 0 Å². The summed E-state index contributed by atoms with van der Waals surface area (Å²) in [6, 6.07) is -2.06. The van der Waals surface area contributed by atoms with E-state index in [0.29, 0.717) is 0 Å². The zero-order chi connectivity index (χ0) is 55.0. The third kappa shape index (κ3) is 13.0. The fourth-order valence-corrected chi connectivity index (χ4v) is 8.79. The molecule has 5 fully saturated rings. The lowest BCUT2D eigenvalue weighted by molar-refractivity contribution is -0.389. The molecule has 6 heterocycles.